The van der Waals surface area contributed by atoms with Crippen LogP contribution in [0.1, 0.15) is 54.7 Å². The highest BCUT2D eigenvalue weighted by molar-refractivity contribution is 5.89. The Labute approximate surface area is 246 Å². The number of nitrogens with one attached hydrogen (secondary N) is 2. The Bertz CT molecular complexity index is 1410. The maximum Gasteiger partial charge on any atom is 0.407 e. The summed E-state index contributed by atoms with van der Waals surface area (Å²) in [6.07, 6.45) is 2.74. The summed E-state index contributed by atoms with van der Waals surface area (Å²) in [6.45, 7) is 1.64. The van der Waals surface area contributed by atoms with Crippen molar-refractivity contribution in [3.8, 4) is 11.1 Å². The molecule has 0 bridgehead atoms. The van der Waals surface area contributed by atoms with Gasteiger partial charge in [-0.1, -0.05) is 91.7 Å². The molecule has 3 aromatic carbocycles. The quantitative estimate of drug-likeness (QED) is 0.356. The van der Waals surface area contributed by atoms with Crippen LogP contribution < -0.4 is 10.6 Å². The van der Waals surface area contributed by atoms with Crippen molar-refractivity contribution >= 4 is 18.0 Å². The highest BCUT2D eigenvalue weighted by Crippen LogP contribution is 2.44. The maximum absolute atomic E-state index is 13.6. The Morgan fingerprint density at radius 3 is 2.21 bits per heavy atom. The second-order valence-electron chi connectivity index (χ2n) is 11.8. The normalized spacial score (nSPS) is 23.5. The summed E-state index contributed by atoms with van der Waals surface area (Å²) < 4.78 is 5.75. The van der Waals surface area contributed by atoms with Crippen molar-refractivity contribution < 1.29 is 24.2 Å². The maximum atomic E-state index is 13.6. The number of carbonyl (C=O) groups is 3. The van der Waals surface area contributed by atoms with Gasteiger partial charge in [-0.2, -0.15) is 0 Å². The Morgan fingerprint density at radius 1 is 0.881 bits per heavy atom. The lowest BCUT2D eigenvalue weighted by molar-refractivity contribution is -0.148. The molecule has 1 saturated heterocycles. The number of aliphatic carboxylic acids is 1. The number of nitrogens with zero attached hydrogens (tertiary/aromatic N) is 1. The third kappa shape index (κ3) is 5.63. The highest BCUT2D eigenvalue weighted by atomic mass is 16.5. The third-order valence-electron chi connectivity index (χ3n) is 9.12. The van der Waals surface area contributed by atoms with Crippen LogP contribution >= 0.6 is 0 Å². The van der Waals surface area contributed by atoms with Gasteiger partial charge < -0.3 is 20.5 Å². The van der Waals surface area contributed by atoms with E-state index in [-0.39, 0.29) is 25.0 Å². The molecule has 3 aromatic rings. The number of ether oxygens (including phenoxy) is 1. The van der Waals surface area contributed by atoms with Gasteiger partial charge >= 0.3 is 12.1 Å². The fourth-order valence-electron chi connectivity index (χ4n) is 6.93. The zero-order valence-corrected chi connectivity index (χ0v) is 23.6. The van der Waals surface area contributed by atoms with Crippen molar-refractivity contribution in [2.75, 3.05) is 19.7 Å². The molecule has 2 amide bonds. The van der Waals surface area contributed by atoms with E-state index in [1.165, 1.54) is 0 Å². The summed E-state index contributed by atoms with van der Waals surface area (Å²) in [6, 6.07) is 25.8. The van der Waals surface area contributed by atoms with E-state index < -0.39 is 29.6 Å². The molecule has 3 atom stereocenters. The van der Waals surface area contributed by atoms with Crippen molar-refractivity contribution in [3.05, 3.63) is 95.6 Å². The van der Waals surface area contributed by atoms with Gasteiger partial charge in [-0.15, -0.1) is 0 Å². The zero-order chi connectivity index (χ0) is 29.1. The molecule has 1 heterocycles. The van der Waals surface area contributed by atoms with Crippen LogP contribution in [-0.2, 0) is 20.9 Å². The van der Waals surface area contributed by atoms with E-state index in [0.29, 0.717) is 32.4 Å². The standard InChI is InChI=1S/C34H37N3O5/c38-31(36-34(32(39)40)18-19-37(22-34)20-23-10-2-1-3-11-23)28-16-8-9-17-30(28)35-33(41)42-21-29-26-14-6-4-12-24(26)25-13-5-7-15-27(25)29/h1-7,10-15,28-30H,8-9,16-22H2,(H,35,41)(H,36,38)(H,39,40)/t28-,30+,34?/m1/s1. The Hall–Kier alpha value is -4.17. The minimum absolute atomic E-state index is 0.0507. The van der Waals surface area contributed by atoms with Crippen LogP contribution in [0.25, 0.3) is 11.1 Å². The number of carbonyl (C=O) groups excluding carboxylic acids is 2. The van der Waals surface area contributed by atoms with Gasteiger partial charge in [-0.3, -0.25) is 9.69 Å². The number of rotatable bonds is 8. The molecule has 0 radical (unpaired) electrons. The highest BCUT2D eigenvalue weighted by Gasteiger charge is 2.47. The molecule has 1 unspecified atom stereocenters. The minimum atomic E-state index is -1.35. The van der Waals surface area contributed by atoms with Gasteiger partial charge in [0.25, 0.3) is 0 Å². The Balaban J connectivity index is 1.08. The van der Waals surface area contributed by atoms with Crippen LogP contribution in [-0.4, -0.2) is 59.3 Å². The summed E-state index contributed by atoms with van der Waals surface area (Å²) in [7, 11) is 0. The SMILES string of the molecule is O=C(N[C@H]1CCCC[C@H]1C(=O)NC1(C(=O)O)CCN(Cc2ccccc2)C1)OCC1c2ccccc2-c2ccccc21. The van der Waals surface area contributed by atoms with Gasteiger partial charge in [-0.05, 0) is 47.1 Å². The molecule has 218 valence electrons. The van der Waals surface area contributed by atoms with Gasteiger partial charge in [0.05, 0.1) is 5.92 Å². The van der Waals surface area contributed by atoms with E-state index in [9.17, 15) is 19.5 Å². The minimum Gasteiger partial charge on any atom is -0.479 e. The monoisotopic (exact) mass is 567 g/mol. The number of alkyl carbamates (subject to hydrolysis) is 1. The number of benzene rings is 3. The molecular formula is C34H37N3O5. The number of hydrogen-bond acceptors (Lipinski definition) is 5. The summed E-state index contributed by atoms with van der Waals surface area (Å²) >= 11 is 0. The molecule has 2 aliphatic carbocycles. The summed E-state index contributed by atoms with van der Waals surface area (Å²) in [4.78, 5) is 41.1. The van der Waals surface area contributed by atoms with Crippen LogP contribution in [0.5, 0.6) is 0 Å². The van der Waals surface area contributed by atoms with Crippen LogP contribution in [0.15, 0.2) is 78.9 Å². The van der Waals surface area contributed by atoms with E-state index in [1.54, 1.807) is 0 Å². The van der Waals surface area contributed by atoms with E-state index in [2.05, 4.69) is 39.8 Å². The van der Waals surface area contributed by atoms with E-state index >= 15 is 0 Å². The first kappa shape index (κ1) is 28.0. The zero-order valence-electron chi connectivity index (χ0n) is 23.6. The van der Waals surface area contributed by atoms with Crippen LogP contribution in [0.3, 0.4) is 0 Å². The van der Waals surface area contributed by atoms with Crippen molar-refractivity contribution in [3.63, 3.8) is 0 Å². The molecule has 6 rings (SSSR count). The molecule has 0 aromatic heterocycles. The molecule has 8 nitrogen and oxygen atoms in total. The predicted octanol–water partition coefficient (Wildman–Crippen LogP) is 4.93. The second-order valence-corrected chi connectivity index (χ2v) is 11.8. The summed E-state index contributed by atoms with van der Waals surface area (Å²) in [5.74, 6) is -1.91. The van der Waals surface area contributed by atoms with E-state index in [1.807, 2.05) is 54.6 Å². The lowest BCUT2D eigenvalue weighted by atomic mass is 9.83. The Morgan fingerprint density at radius 2 is 1.52 bits per heavy atom. The van der Waals surface area contributed by atoms with Gasteiger partial charge in [-0.25, -0.2) is 9.59 Å². The first-order chi connectivity index (χ1) is 20.4. The van der Waals surface area contributed by atoms with Gasteiger partial charge in [0.2, 0.25) is 5.91 Å². The second kappa shape index (κ2) is 12.0. The number of carboxylic acids is 1. The number of fused-ring (bicyclic) bond motifs is 3. The molecule has 1 aliphatic heterocycles. The van der Waals surface area contributed by atoms with Crippen LogP contribution in [0.2, 0.25) is 0 Å². The van der Waals surface area contributed by atoms with Crippen molar-refractivity contribution in [2.45, 2.75) is 56.1 Å². The Kier molecular flexibility index (Phi) is 7.98. The molecule has 8 heteroatoms. The van der Waals surface area contributed by atoms with Crippen molar-refractivity contribution in [2.24, 2.45) is 5.92 Å². The number of likely N-dealkylation sites (tertiary alicyclic amines) is 1. The van der Waals surface area contributed by atoms with E-state index in [0.717, 1.165) is 40.7 Å². The van der Waals surface area contributed by atoms with Crippen molar-refractivity contribution in [1.29, 1.82) is 0 Å². The summed E-state index contributed by atoms with van der Waals surface area (Å²) in [5, 5.41) is 16.0. The number of amides is 2. The molecule has 1 saturated carbocycles. The van der Waals surface area contributed by atoms with E-state index in [4.69, 9.17) is 4.74 Å². The first-order valence-corrected chi connectivity index (χ1v) is 14.9. The number of carboxylic acid groups (broad SMARTS) is 1. The predicted molar refractivity (Wildman–Crippen MR) is 159 cm³/mol. The first-order valence-electron chi connectivity index (χ1n) is 14.9. The number of hydrogen-bond donors (Lipinski definition) is 3. The molecule has 0 spiro atoms. The van der Waals surface area contributed by atoms with Gasteiger partial charge in [0.15, 0.2) is 5.54 Å². The largest absolute Gasteiger partial charge is 0.479 e. The smallest absolute Gasteiger partial charge is 0.407 e. The topological polar surface area (TPSA) is 108 Å². The van der Waals surface area contributed by atoms with Crippen LogP contribution in [0.4, 0.5) is 4.79 Å². The molecule has 3 aliphatic rings. The molecule has 2 fully saturated rings. The fraction of sp³-hybridized carbons (Fsp3) is 0.382. The average Bonchev–Trinajstić information content (AvgIpc) is 3.56. The molecule has 3 N–H and O–H groups in total. The van der Waals surface area contributed by atoms with Gasteiger partial charge in [0.1, 0.15) is 6.61 Å². The summed E-state index contributed by atoms with van der Waals surface area (Å²) in [5.41, 5.74) is 4.35. The molecular weight excluding hydrogens is 530 g/mol. The third-order valence-corrected chi connectivity index (χ3v) is 9.12. The lowest BCUT2D eigenvalue weighted by Gasteiger charge is -2.34. The average molecular weight is 568 g/mol. The lowest BCUT2D eigenvalue weighted by Crippen LogP contribution is -2.60. The van der Waals surface area contributed by atoms with Gasteiger partial charge in [0, 0.05) is 31.6 Å². The van der Waals surface area contributed by atoms with Crippen molar-refractivity contribution in [1.82, 2.24) is 15.5 Å². The fourth-order valence-corrected chi connectivity index (χ4v) is 6.93. The molecule has 42 heavy (non-hydrogen) atoms. The van der Waals surface area contributed by atoms with Crippen LogP contribution in [0, 0.1) is 5.92 Å².